The topological polar surface area (TPSA) is 128 Å². The second kappa shape index (κ2) is 40.7. The maximum atomic E-state index is 13.4. The number of aliphatic hydroxyl groups excluding tert-OH is 4. The average molecular weight is 985 g/mol. The largest absolute Gasteiger partial charge is 0.390 e. The Morgan fingerprint density at radius 3 is 1.46 bits per heavy atom. The van der Waals surface area contributed by atoms with Gasteiger partial charge in [-0.15, -0.1) is 0 Å². The highest BCUT2D eigenvalue weighted by molar-refractivity contribution is 7.81. The predicted molar refractivity (Wildman–Crippen MR) is 293 cm³/mol. The lowest BCUT2D eigenvalue weighted by Gasteiger charge is -2.41. The van der Waals surface area contributed by atoms with E-state index >= 15 is 0 Å². The smallest absolute Gasteiger partial charge is 0.220 e. The molecule has 0 saturated carbocycles. The summed E-state index contributed by atoms with van der Waals surface area (Å²) in [5.41, 5.74) is 0.952. The third-order valence-electron chi connectivity index (χ3n) is 14.9. The summed E-state index contributed by atoms with van der Waals surface area (Å²) < 4.78 is 12.5. The zero-order valence-electron chi connectivity index (χ0n) is 44.2. The van der Waals surface area contributed by atoms with Crippen LogP contribution in [0.1, 0.15) is 257 Å². The Labute approximate surface area is 428 Å². The van der Waals surface area contributed by atoms with Crippen LogP contribution in [0.2, 0.25) is 0 Å². The number of thiol groups is 1. The number of carbonyl (C=O) groups excluding carboxylic acids is 1. The van der Waals surface area contributed by atoms with Crippen molar-refractivity contribution in [3.8, 4) is 0 Å². The molecule has 2 aromatic carbocycles. The van der Waals surface area contributed by atoms with E-state index in [0.29, 0.717) is 19.3 Å². The molecule has 8 atom stereocenters. The lowest BCUT2D eigenvalue weighted by molar-refractivity contribution is -0.248. The Kier molecular flexibility index (Phi) is 36.3. The molecule has 0 unspecified atom stereocenters. The molecule has 0 spiro atoms. The first-order valence-corrected chi connectivity index (χ1v) is 29.7. The number of amides is 1. The summed E-state index contributed by atoms with van der Waals surface area (Å²) in [7, 11) is 0. The van der Waals surface area contributed by atoms with Crippen molar-refractivity contribution in [1.82, 2.24) is 5.32 Å². The molecule has 398 valence electrons. The Morgan fingerprint density at radius 2 is 1.00 bits per heavy atom. The number of fused-ring (bicyclic) bond motifs is 1. The molecule has 5 N–H and O–H groups in total. The number of ether oxygens (including phenoxy) is 2. The molecule has 0 bridgehead atoms. The van der Waals surface area contributed by atoms with Gasteiger partial charge in [-0.2, -0.15) is 12.6 Å². The van der Waals surface area contributed by atoms with E-state index in [1.807, 2.05) is 36.4 Å². The molecule has 1 fully saturated rings. The van der Waals surface area contributed by atoms with Gasteiger partial charge in [-0.05, 0) is 29.2 Å². The van der Waals surface area contributed by atoms with Gasteiger partial charge in [0.1, 0.15) is 12.2 Å². The quantitative estimate of drug-likeness (QED) is 0.0288. The van der Waals surface area contributed by atoms with E-state index in [0.717, 1.165) is 54.9 Å². The van der Waals surface area contributed by atoms with E-state index in [1.54, 1.807) is 0 Å². The van der Waals surface area contributed by atoms with Gasteiger partial charge >= 0.3 is 0 Å². The van der Waals surface area contributed by atoms with Gasteiger partial charge in [0.05, 0.1) is 36.2 Å². The lowest BCUT2D eigenvalue weighted by atomic mass is 9.94. The standard InChI is InChI=1S/C60H105NO7S/c1-3-5-7-9-11-13-15-17-18-19-20-21-22-23-24-25-26-27-29-31-33-35-37-43-55(63)61-52(56(64)53(62)42-36-34-32-30-28-16-14-12-10-8-6-4-2)48-67-60-59(69)58(66)57(65)54(68-60)47-49-44-45-50-40-38-39-41-51(50)46-49/h38-41,44-46,52-54,56-60,62,64-66,69H,3-37,42-43,47-48H2,1-2H3,(H,61,63)/t52-,53+,54+,56-,57-,58-,59+,60-/m0/s1. The second-order valence-corrected chi connectivity index (χ2v) is 21.8. The Hall–Kier alpha value is -1.72. The zero-order chi connectivity index (χ0) is 49.6. The number of unbranched alkanes of at least 4 members (excludes halogenated alkanes) is 33. The minimum atomic E-state index is -1.25. The predicted octanol–water partition coefficient (Wildman–Crippen LogP) is 14.8. The van der Waals surface area contributed by atoms with E-state index in [-0.39, 0.29) is 12.5 Å². The van der Waals surface area contributed by atoms with Gasteiger partial charge in [-0.3, -0.25) is 4.79 Å². The van der Waals surface area contributed by atoms with Crippen molar-refractivity contribution in [3.63, 3.8) is 0 Å². The Balaban J connectivity index is 1.35. The third-order valence-corrected chi connectivity index (χ3v) is 15.4. The number of rotatable bonds is 45. The molecule has 8 nitrogen and oxygen atoms in total. The van der Waals surface area contributed by atoms with Crippen molar-refractivity contribution in [1.29, 1.82) is 0 Å². The normalized spacial score (nSPS) is 19.8. The SMILES string of the molecule is CCCCCCCCCCCCCCCCCCCCCCCCCC(=O)N[C@@H](CO[C@H]1O[C@H](Cc2ccc3ccccc3c2)[C@H](O)[C@H](O)[C@H]1S)[C@H](O)[C@H](O)CCCCCCCCCCCCCC. The van der Waals surface area contributed by atoms with Gasteiger partial charge in [0.25, 0.3) is 0 Å². The molecule has 0 aliphatic carbocycles. The number of carbonyl (C=O) groups is 1. The van der Waals surface area contributed by atoms with Crippen molar-refractivity contribution in [2.45, 2.75) is 306 Å². The number of nitrogens with one attached hydrogen (secondary N) is 1. The summed E-state index contributed by atoms with van der Waals surface area (Å²) in [6.45, 7) is 4.40. The van der Waals surface area contributed by atoms with E-state index < -0.39 is 48.1 Å². The summed E-state index contributed by atoms with van der Waals surface area (Å²) in [5.74, 6) is -0.180. The van der Waals surface area contributed by atoms with Gasteiger partial charge in [0.2, 0.25) is 5.91 Å². The molecule has 1 aliphatic heterocycles. The monoisotopic (exact) mass is 984 g/mol. The Bertz CT molecular complexity index is 1510. The number of benzene rings is 2. The summed E-state index contributed by atoms with van der Waals surface area (Å²) in [4.78, 5) is 13.4. The van der Waals surface area contributed by atoms with Gasteiger partial charge in [-0.25, -0.2) is 0 Å². The number of aliphatic hydroxyl groups is 4. The summed E-state index contributed by atoms with van der Waals surface area (Å²) in [6.07, 6.45) is 39.7. The molecule has 0 aromatic heterocycles. The average Bonchev–Trinajstić information content (AvgIpc) is 3.35. The van der Waals surface area contributed by atoms with Crippen LogP contribution in [-0.4, -0.2) is 81.0 Å². The fourth-order valence-corrected chi connectivity index (χ4v) is 10.6. The van der Waals surface area contributed by atoms with Crippen LogP contribution in [0.4, 0.5) is 0 Å². The fraction of sp³-hybridized carbons (Fsp3) is 0.817. The van der Waals surface area contributed by atoms with Crippen molar-refractivity contribution in [3.05, 3.63) is 48.0 Å². The van der Waals surface area contributed by atoms with E-state index in [9.17, 15) is 25.2 Å². The van der Waals surface area contributed by atoms with Crippen LogP contribution >= 0.6 is 12.6 Å². The third kappa shape index (κ3) is 28.4. The van der Waals surface area contributed by atoms with Crippen molar-refractivity contribution in [2.24, 2.45) is 0 Å². The lowest BCUT2D eigenvalue weighted by Crippen LogP contribution is -2.58. The van der Waals surface area contributed by atoms with Gasteiger partial charge < -0.3 is 35.2 Å². The molecule has 1 saturated heterocycles. The molecule has 9 heteroatoms. The first-order valence-electron chi connectivity index (χ1n) is 29.2. The first kappa shape index (κ1) is 61.6. The van der Waals surface area contributed by atoms with Crippen molar-refractivity contribution < 1.29 is 34.7 Å². The van der Waals surface area contributed by atoms with Crippen LogP contribution < -0.4 is 5.32 Å². The van der Waals surface area contributed by atoms with Crippen LogP contribution in [0.15, 0.2) is 42.5 Å². The Morgan fingerprint density at radius 1 is 0.580 bits per heavy atom. The fourth-order valence-electron chi connectivity index (χ4n) is 10.2. The van der Waals surface area contributed by atoms with Crippen LogP contribution in [0.3, 0.4) is 0 Å². The maximum Gasteiger partial charge on any atom is 0.220 e. The number of hydrogen-bond acceptors (Lipinski definition) is 8. The van der Waals surface area contributed by atoms with Gasteiger partial charge in [-0.1, -0.05) is 275 Å². The first-order chi connectivity index (χ1) is 33.7. The second-order valence-electron chi connectivity index (χ2n) is 21.2. The summed E-state index contributed by atoms with van der Waals surface area (Å²) in [6, 6.07) is 13.3. The van der Waals surface area contributed by atoms with Crippen LogP contribution in [0.5, 0.6) is 0 Å². The van der Waals surface area contributed by atoms with Gasteiger partial charge in [0.15, 0.2) is 6.29 Å². The van der Waals surface area contributed by atoms with E-state index in [2.05, 4.69) is 37.9 Å². The highest BCUT2D eigenvalue weighted by Crippen LogP contribution is 2.29. The molecule has 2 aromatic rings. The minimum Gasteiger partial charge on any atom is -0.390 e. The molecule has 1 heterocycles. The molecular weight excluding hydrogens is 879 g/mol. The van der Waals surface area contributed by atoms with Crippen molar-refractivity contribution in [2.75, 3.05) is 6.61 Å². The highest BCUT2D eigenvalue weighted by Gasteiger charge is 2.44. The molecular formula is C60H105NO7S. The molecule has 69 heavy (non-hydrogen) atoms. The molecule has 0 radical (unpaired) electrons. The summed E-state index contributed by atoms with van der Waals surface area (Å²) in [5, 5.41) is 49.1. The van der Waals surface area contributed by atoms with E-state index in [4.69, 9.17) is 9.47 Å². The van der Waals surface area contributed by atoms with E-state index in [1.165, 1.54) is 186 Å². The van der Waals surface area contributed by atoms with Crippen LogP contribution in [-0.2, 0) is 20.7 Å². The van der Waals surface area contributed by atoms with Crippen molar-refractivity contribution >= 4 is 29.3 Å². The molecule has 1 amide bonds. The van der Waals surface area contributed by atoms with Crippen LogP contribution in [0, 0.1) is 0 Å². The van der Waals surface area contributed by atoms with Gasteiger partial charge in [0, 0.05) is 12.8 Å². The van der Waals surface area contributed by atoms with Crippen LogP contribution in [0.25, 0.3) is 10.8 Å². The summed E-state index contributed by atoms with van der Waals surface area (Å²) >= 11 is 4.58. The maximum absolute atomic E-state index is 13.4. The molecule has 3 rings (SSSR count). The zero-order valence-corrected chi connectivity index (χ0v) is 45.1. The minimum absolute atomic E-state index is 0.144. The molecule has 1 aliphatic rings. The number of hydrogen-bond donors (Lipinski definition) is 6. The highest BCUT2D eigenvalue weighted by atomic mass is 32.1.